The first-order chi connectivity index (χ1) is 26.8. The van der Waals surface area contributed by atoms with Crippen molar-refractivity contribution in [3.05, 3.63) is 108 Å². The highest BCUT2D eigenvalue weighted by atomic mass is 32.2. The van der Waals surface area contributed by atoms with Crippen LogP contribution in [-0.2, 0) is 28.7 Å². The first-order valence-corrected chi connectivity index (χ1v) is 20.2. The summed E-state index contributed by atoms with van der Waals surface area (Å²) in [6, 6.07) is 25.5. The largest absolute Gasteiger partial charge is 0.697 e. The zero-order chi connectivity index (χ0) is 40.1. The molecule has 14 nitrogen and oxygen atoms in total. The molecule has 3 aromatic carbocycles. The van der Waals surface area contributed by atoms with E-state index in [0.717, 1.165) is 28.5 Å². The van der Waals surface area contributed by atoms with E-state index in [-0.39, 0.29) is 18.3 Å². The Morgan fingerprint density at radius 2 is 1.55 bits per heavy atom. The number of rotatable bonds is 17. The number of hydrogen-bond donors (Lipinski definition) is 3. The van der Waals surface area contributed by atoms with Crippen LogP contribution < -0.4 is 14.8 Å². The van der Waals surface area contributed by atoms with Crippen LogP contribution in [0.4, 0.5) is 5.82 Å². The van der Waals surface area contributed by atoms with Gasteiger partial charge in [0, 0.05) is 15.7 Å². The molecule has 1 saturated heterocycles. The van der Waals surface area contributed by atoms with Gasteiger partial charge in [-0.15, -0.1) is 9.05 Å². The number of ether oxygens (including phenoxy) is 3. The van der Waals surface area contributed by atoms with Crippen LogP contribution >= 0.6 is 20.0 Å². The Hall–Kier alpha value is -4.47. The summed E-state index contributed by atoms with van der Waals surface area (Å²) in [4.78, 5) is 26.2. The number of methoxy groups -OCH3 is 2. The van der Waals surface area contributed by atoms with Crippen molar-refractivity contribution >= 4 is 42.1 Å². The quantitative estimate of drug-likeness (QED) is 0.0518. The summed E-state index contributed by atoms with van der Waals surface area (Å²) in [5.74, 6) is 2.09. The smallest absolute Gasteiger partial charge is 0.497 e. The number of thioether (sulfide) groups is 1. The lowest BCUT2D eigenvalue weighted by Gasteiger charge is -2.37. The fraction of sp³-hybridized carbons (Fsp3) is 0.400. The first-order valence-electron chi connectivity index (χ1n) is 18.1. The molecule has 3 heterocycles. The molecule has 0 aliphatic carbocycles. The summed E-state index contributed by atoms with van der Waals surface area (Å²) in [7, 11) is 0.647. The van der Waals surface area contributed by atoms with Crippen LogP contribution in [0.3, 0.4) is 0 Å². The number of aliphatic hydroxyl groups is 2. The second kappa shape index (κ2) is 17.3. The van der Waals surface area contributed by atoms with Gasteiger partial charge in [0.1, 0.15) is 54.4 Å². The molecule has 1 aliphatic rings. The molecule has 0 saturated carbocycles. The van der Waals surface area contributed by atoms with Crippen molar-refractivity contribution in [1.29, 1.82) is 0 Å². The van der Waals surface area contributed by atoms with Crippen molar-refractivity contribution in [2.45, 2.75) is 63.7 Å². The van der Waals surface area contributed by atoms with Crippen LogP contribution in [0.15, 0.2) is 91.5 Å². The van der Waals surface area contributed by atoms with Crippen molar-refractivity contribution in [2.75, 3.05) is 38.5 Å². The number of anilines is 1. The highest BCUT2D eigenvalue weighted by Gasteiger charge is 2.54. The topological polar surface area (TPSA) is 176 Å². The van der Waals surface area contributed by atoms with Gasteiger partial charge in [-0.25, -0.2) is 15.0 Å². The molecule has 2 unspecified atom stereocenters. The van der Waals surface area contributed by atoms with Crippen molar-refractivity contribution in [1.82, 2.24) is 19.5 Å². The molecule has 1 fully saturated rings. The molecule has 6 rings (SSSR count). The predicted octanol–water partition coefficient (Wildman–Crippen LogP) is 6.64. The third kappa shape index (κ3) is 8.30. The van der Waals surface area contributed by atoms with Gasteiger partial charge in [0.2, 0.25) is 0 Å². The van der Waals surface area contributed by atoms with Gasteiger partial charge in [0.25, 0.3) is 0 Å². The van der Waals surface area contributed by atoms with Crippen molar-refractivity contribution in [3.8, 4) is 11.5 Å². The van der Waals surface area contributed by atoms with Gasteiger partial charge in [0.05, 0.1) is 20.5 Å². The van der Waals surface area contributed by atoms with Crippen molar-refractivity contribution in [2.24, 2.45) is 5.41 Å². The number of aromatic nitrogens is 4. The zero-order valence-corrected chi connectivity index (χ0v) is 33.8. The van der Waals surface area contributed by atoms with Crippen molar-refractivity contribution < 1.29 is 42.8 Å². The lowest BCUT2D eigenvalue weighted by atomic mass is 9.77. The van der Waals surface area contributed by atoms with Gasteiger partial charge >= 0.3 is 8.25 Å². The average Bonchev–Trinajstić information content (AvgIpc) is 3.75. The molecule has 5 aromatic rings. The maximum atomic E-state index is 12.5. The Balaban J connectivity index is 1.27. The summed E-state index contributed by atoms with van der Waals surface area (Å²) in [5.41, 5.74) is 0.0449. The number of carbonyl (C=O) groups is 1. The van der Waals surface area contributed by atoms with Crippen LogP contribution in [0, 0.1) is 5.41 Å². The van der Waals surface area contributed by atoms with E-state index in [9.17, 15) is 19.6 Å². The van der Waals surface area contributed by atoms with Crippen LogP contribution in [0.5, 0.6) is 11.5 Å². The number of imidazole rings is 1. The third-order valence-corrected chi connectivity index (χ3v) is 12.2. The van der Waals surface area contributed by atoms with Crippen LogP contribution in [0.25, 0.3) is 11.2 Å². The SMILES string of the molecule is CCC(C)(C)C(=O)SCCO[P+](=O)OC[C@H]1O[C@@H](n2cnc3c(NC(c4ccccc4)(c4ccc(OC)cc4)c4ccc(OC)cc4)ncnc32)[C@@](C)(O)C1O. The van der Waals surface area contributed by atoms with Crippen LogP contribution in [-0.4, -0.2) is 85.8 Å². The van der Waals surface area contributed by atoms with Gasteiger partial charge in [-0.2, -0.15) is 0 Å². The fourth-order valence-electron chi connectivity index (χ4n) is 6.51. The number of benzene rings is 3. The average molecular weight is 805 g/mol. The summed E-state index contributed by atoms with van der Waals surface area (Å²) in [6.45, 7) is 6.83. The molecule has 0 amide bonds. The monoisotopic (exact) mass is 804 g/mol. The summed E-state index contributed by atoms with van der Waals surface area (Å²) >= 11 is 1.12. The van der Waals surface area contributed by atoms with E-state index >= 15 is 0 Å². The summed E-state index contributed by atoms with van der Waals surface area (Å²) in [6.07, 6.45) is -0.121. The minimum absolute atomic E-state index is 0.0272. The van der Waals surface area contributed by atoms with E-state index < -0.39 is 43.2 Å². The minimum atomic E-state index is -2.59. The minimum Gasteiger partial charge on any atom is -0.497 e. The second-order valence-electron chi connectivity index (χ2n) is 14.2. The number of carbonyl (C=O) groups excluding carboxylic acids is 1. The summed E-state index contributed by atoms with van der Waals surface area (Å²) < 4.78 is 41.9. The van der Waals surface area contributed by atoms with Gasteiger partial charge in [-0.1, -0.05) is 87.1 Å². The van der Waals surface area contributed by atoms with Crippen molar-refractivity contribution in [3.63, 3.8) is 0 Å². The van der Waals surface area contributed by atoms with E-state index in [0.29, 0.717) is 40.7 Å². The molecule has 296 valence electrons. The molecule has 56 heavy (non-hydrogen) atoms. The highest BCUT2D eigenvalue weighted by Crippen LogP contribution is 2.44. The fourth-order valence-corrected chi connectivity index (χ4v) is 8.11. The lowest BCUT2D eigenvalue weighted by molar-refractivity contribution is -0.118. The third-order valence-electron chi connectivity index (χ3n) is 10.2. The van der Waals surface area contributed by atoms with Crippen LogP contribution in [0.2, 0.25) is 0 Å². The molecule has 2 aromatic heterocycles. The predicted molar refractivity (Wildman–Crippen MR) is 213 cm³/mol. The highest BCUT2D eigenvalue weighted by molar-refractivity contribution is 8.13. The molecule has 0 bridgehead atoms. The molecule has 0 radical (unpaired) electrons. The zero-order valence-electron chi connectivity index (χ0n) is 32.1. The Labute approximate surface area is 330 Å². The van der Waals surface area contributed by atoms with E-state index in [1.54, 1.807) is 14.2 Å². The molecule has 3 N–H and O–H groups in total. The second-order valence-corrected chi connectivity index (χ2v) is 16.2. The summed E-state index contributed by atoms with van der Waals surface area (Å²) in [5, 5.41) is 26.5. The number of aliphatic hydroxyl groups excluding tert-OH is 1. The van der Waals surface area contributed by atoms with Gasteiger partial charge < -0.3 is 29.7 Å². The van der Waals surface area contributed by atoms with E-state index in [1.807, 2.05) is 99.6 Å². The molecular formula is C40H47N5O9PS+. The molecule has 1 aliphatic heterocycles. The molecule has 5 atom stereocenters. The normalized spacial score (nSPS) is 20.2. The number of hydrogen-bond acceptors (Lipinski definition) is 14. The van der Waals surface area contributed by atoms with Gasteiger partial charge in [-0.05, 0) is 54.3 Å². The maximum Gasteiger partial charge on any atom is 0.697 e. The number of nitrogens with zero attached hydrogens (tertiary/aromatic N) is 4. The Kier molecular flexibility index (Phi) is 12.8. The molecule has 0 spiro atoms. The Morgan fingerprint density at radius 3 is 2.14 bits per heavy atom. The first kappa shape index (κ1) is 41.2. The van der Waals surface area contributed by atoms with Crippen LogP contribution in [0.1, 0.15) is 57.0 Å². The van der Waals surface area contributed by atoms with Gasteiger partial charge in [-0.3, -0.25) is 9.36 Å². The van der Waals surface area contributed by atoms with Gasteiger partial charge in [0.15, 0.2) is 28.3 Å². The molecule has 16 heteroatoms. The van der Waals surface area contributed by atoms with E-state index in [1.165, 1.54) is 24.1 Å². The number of fused-ring (bicyclic) bond motifs is 1. The maximum absolute atomic E-state index is 12.5. The van der Waals surface area contributed by atoms with E-state index in [2.05, 4.69) is 20.3 Å². The molecular weight excluding hydrogens is 758 g/mol. The Morgan fingerprint density at radius 1 is 0.946 bits per heavy atom. The van der Waals surface area contributed by atoms with E-state index in [4.69, 9.17) is 23.3 Å². The number of nitrogens with one attached hydrogen (secondary N) is 1. The lowest BCUT2D eigenvalue weighted by Crippen LogP contribution is -2.44. The standard InChI is InChI=1S/C40H47N5O9PS/c1-7-38(2,3)37(47)56-22-21-52-55(49)53-23-31-33(46)39(4,48)36(54-31)45-25-43-32-34(41-24-42-35(32)45)44-40(26-11-9-8-10-12-26,27-13-17-29(50-5)18-14-27)28-15-19-30(51-6)20-16-28/h8-20,24-25,31,33,36,46,48H,7,21-23H2,1-6H3,(H,41,42,44)/q+1/t31-,33?,36-,39+/m1/s1. The Bertz CT molecular complexity index is 2070.